The Morgan fingerprint density at radius 2 is 1.62 bits per heavy atom. The van der Waals surface area contributed by atoms with Gasteiger partial charge in [0.15, 0.2) is 11.5 Å². The van der Waals surface area contributed by atoms with Crippen molar-refractivity contribution in [3.05, 3.63) is 48.0 Å². The Labute approximate surface area is 268 Å². The van der Waals surface area contributed by atoms with E-state index in [0.29, 0.717) is 43.5 Å². The summed E-state index contributed by atoms with van der Waals surface area (Å²) in [7, 11) is 0. The van der Waals surface area contributed by atoms with E-state index in [1.807, 2.05) is 4.90 Å². The SMILES string of the molecule is CC12CCC(O)CC13C=CC1(C(C(=O)C4CCCCC4)=C3)C2CCC2(C)C1CCC2(O)CN1CCN(C(=O)c2ccco2)CC1. The maximum absolute atomic E-state index is 14.7. The van der Waals surface area contributed by atoms with E-state index in [4.69, 9.17) is 4.42 Å². The van der Waals surface area contributed by atoms with Crippen LogP contribution in [0.5, 0.6) is 0 Å². The van der Waals surface area contributed by atoms with Gasteiger partial charge in [-0.3, -0.25) is 14.5 Å². The van der Waals surface area contributed by atoms with Gasteiger partial charge in [-0.1, -0.05) is 51.3 Å². The van der Waals surface area contributed by atoms with E-state index < -0.39 is 5.60 Å². The second kappa shape index (κ2) is 10.4. The molecule has 1 amide bonds. The van der Waals surface area contributed by atoms with Crippen molar-refractivity contribution in [2.75, 3.05) is 32.7 Å². The number of hydrogen-bond donors (Lipinski definition) is 2. The van der Waals surface area contributed by atoms with Gasteiger partial charge in [0.1, 0.15) is 0 Å². The number of β-amino-alcohol motifs (C(OH)–C–C–N with tert-alkyl or cyclic N) is 1. The zero-order valence-electron chi connectivity index (χ0n) is 27.3. The van der Waals surface area contributed by atoms with E-state index in [2.05, 4.69) is 37.0 Å². The molecule has 7 aliphatic carbocycles. The normalized spacial score (nSPS) is 44.7. The number of allylic oxidation sites excluding steroid dienone is 4. The van der Waals surface area contributed by atoms with Crippen LogP contribution in [-0.4, -0.2) is 76.1 Å². The van der Waals surface area contributed by atoms with Gasteiger partial charge < -0.3 is 19.5 Å². The van der Waals surface area contributed by atoms with Crippen molar-refractivity contribution < 1.29 is 24.2 Å². The van der Waals surface area contributed by atoms with Crippen LogP contribution in [0.4, 0.5) is 0 Å². The molecule has 7 heteroatoms. The zero-order chi connectivity index (χ0) is 31.2. The molecule has 0 radical (unpaired) electrons. The fourth-order valence-electron chi connectivity index (χ4n) is 12.2. The molecule has 2 heterocycles. The van der Waals surface area contributed by atoms with Crippen LogP contribution in [0.1, 0.15) is 101 Å². The van der Waals surface area contributed by atoms with Gasteiger partial charge in [-0.25, -0.2) is 0 Å². The number of piperazine rings is 1. The molecule has 5 fully saturated rings. The Morgan fingerprint density at radius 3 is 2.36 bits per heavy atom. The summed E-state index contributed by atoms with van der Waals surface area (Å²) in [5.41, 5.74) is -0.712. The van der Waals surface area contributed by atoms with E-state index >= 15 is 0 Å². The maximum Gasteiger partial charge on any atom is 0.289 e. The first kappa shape index (κ1) is 30.1. The number of carbonyl (C=O) groups is 2. The molecule has 2 bridgehead atoms. The molecule has 1 aromatic rings. The summed E-state index contributed by atoms with van der Waals surface area (Å²) in [4.78, 5) is 31.8. The van der Waals surface area contributed by atoms with E-state index in [9.17, 15) is 19.8 Å². The third-order valence-electron chi connectivity index (χ3n) is 14.8. The number of fused-ring (bicyclic) bond motifs is 1. The fraction of sp³-hybridized carbons (Fsp3) is 0.737. The molecule has 8 unspecified atom stereocenters. The van der Waals surface area contributed by atoms with Gasteiger partial charge in [-0.15, -0.1) is 0 Å². The Kier molecular flexibility index (Phi) is 6.96. The second-order valence-electron chi connectivity index (χ2n) is 16.6. The number of Topliss-reactive ketones (excluding diaryl/α,β-unsaturated/α-hetero) is 1. The minimum Gasteiger partial charge on any atom is -0.459 e. The first-order valence-corrected chi connectivity index (χ1v) is 18.0. The molecule has 2 spiro atoms. The molecule has 9 rings (SSSR count). The number of nitrogens with zero attached hydrogens (tertiary/aromatic N) is 2. The van der Waals surface area contributed by atoms with E-state index in [1.165, 1.54) is 6.42 Å². The lowest BCUT2D eigenvalue weighted by molar-refractivity contribution is -0.180. The van der Waals surface area contributed by atoms with Gasteiger partial charge in [0.2, 0.25) is 0 Å². The third kappa shape index (κ3) is 4.11. The van der Waals surface area contributed by atoms with Crippen molar-refractivity contribution in [1.82, 2.24) is 9.80 Å². The van der Waals surface area contributed by atoms with Gasteiger partial charge in [-0.2, -0.15) is 0 Å². The van der Waals surface area contributed by atoms with Gasteiger partial charge in [0.05, 0.1) is 18.0 Å². The number of carbonyl (C=O) groups excluding carboxylic acids is 2. The molecule has 1 aliphatic heterocycles. The third-order valence-corrected chi connectivity index (χ3v) is 14.8. The molecule has 2 N–H and O–H groups in total. The molecule has 244 valence electrons. The lowest BCUT2D eigenvalue weighted by Crippen LogP contribution is -2.67. The Hall–Kier alpha value is -2.22. The number of hydrogen-bond acceptors (Lipinski definition) is 6. The summed E-state index contributed by atoms with van der Waals surface area (Å²) in [5.74, 6) is 1.36. The van der Waals surface area contributed by atoms with Crippen molar-refractivity contribution in [1.29, 1.82) is 0 Å². The molecule has 8 aliphatic rings. The molecular weight excluding hydrogens is 564 g/mol. The van der Waals surface area contributed by atoms with Crippen molar-refractivity contribution in [3.63, 3.8) is 0 Å². The van der Waals surface area contributed by atoms with E-state index in [-0.39, 0.29) is 45.5 Å². The van der Waals surface area contributed by atoms with Crippen molar-refractivity contribution in [2.45, 2.75) is 103 Å². The summed E-state index contributed by atoms with van der Waals surface area (Å²) in [6.07, 6.45) is 20.1. The van der Waals surface area contributed by atoms with Gasteiger partial charge in [0.25, 0.3) is 5.91 Å². The van der Waals surface area contributed by atoms with E-state index in [0.717, 1.165) is 82.9 Å². The van der Waals surface area contributed by atoms with Gasteiger partial charge in [0, 0.05) is 60.5 Å². The molecular formula is C38H52N2O5. The number of aliphatic hydroxyl groups excluding tert-OH is 1. The Bertz CT molecular complexity index is 1400. The summed E-state index contributed by atoms with van der Waals surface area (Å²) in [5, 5.41) is 23.7. The topological polar surface area (TPSA) is 94.2 Å². The summed E-state index contributed by atoms with van der Waals surface area (Å²) >= 11 is 0. The first-order valence-electron chi connectivity index (χ1n) is 18.0. The minimum atomic E-state index is -0.854. The van der Waals surface area contributed by atoms with Gasteiger partial charge in [-0.05, 0) is 87.2 Å². The largest absolute Gasteiger partial charge is 0.459 e. The summed E-state index contributed by atoms with van der Waals surface area (Å²) in [6.45, 7) is 8.13. The number of ketones is 1. The highest BCUT2D eigenvalue weighted by molar-refractivity contribution is 6.00. The lowest BCUT2D eigenvalue weighted by atomic mass is 9.32. The lowest BCUT2D eigenvalue weighted by Gasteiger charge is -2.71. The highest BCUT2D eigenvalue weighted by Crippen LogP contribution is 2.78. The van der Waals surface area contributed by atoms with Crippen LogP contribution in [0.15, 0.2) is 46.6 Å². The van der Waals surface area contributed by atoms with Crippen LogP contribution in [0.2, 0.25) is 0 Å². The maximum atomic E-state index is 14.7. The number of furan rings is 1. The van der Waals surface area contributed by atoms with Crippen molar-refractivity contribution in [3.8, 4) is 0 Å². The molecule has 0 aromatic carbocycles. The van der Waals surface area contributed by atoms with Crippen LogP contribution < -0.4 is 0 Å². The second-order valence-corrected chi connectivity index (χ2v) is 16.6. The van der Waals surface area contributed by atoms with Crippen LogP contribution in [-0.2, 0) is 4.79 Å². The standard InChI is InChI=1S/C38H52N2O5/c1-34-13-10-27(41)23-36(34)16-17-38(28(24-36)32(42)26-7-4-3-5-8-26)30(34)11-14-35(2)31(38)12-15-37(35,44)25-39-18-20-40(21-19-39)33(43)29-9-6-22-45-29/h6,9,16-17,22,24,26-27,30-31,41,44H,3-5,7-8,10-15,18-21,23,25H2,1-2H3. The molecule has 45 heavy (non-hydrogen) atoms. The van der Waals surface area contributed by atoms with Crippen LogP contribution in [0.25, 0.3) is 0 Å². The first-order chi connectivity index (χ1) is 21.6. The molecule has 1 aromatic heterocycles. The Balaban J connectivity index is 1.10. The fourth-order valence-corrected chi connectivity index (χ4v) is 12.2. The summed E-state index contributed by atoms with van der Waals surface area (Å²) < 4.78 is 5.36. The average Bonchev–Trinajstić information content (AvgIpc) is 3.68. The van der Waals surface area contributed by atoms with Crippen molar-refractivity contribution >= 4 is 11.7 Å². The average molecular weight is 617 g/mol. The minimum absolute atomic E-state index is 0.0101. The highest BCUT2D eigenvalue weighted by Gasteiger charge is 2.74. The smallest absolute Gasteiger partial charge is 0.289 e. The molecule has 4 saturated carbocycles. The number of aliphatic hydroxyl groups is 2. The zero-order valence-corrected chi connectivity index (χ0v) is 27.3. The quantitative estimate of drug-likeness (QED) is 0.408. The van der Waals surface area contributed by atoms with Gasteiger partial charge >= 0.3 is 0 Å². The highest BCUT2D eigenvalue weighted by atomic mass is 16.3. The predicted octanol–water partition coefficient (Wildman–Crippen LogP) is 5.78. The van der Waals surface area contributed by atoms with E-state index in [1.54, 1.807) is 18.4 Å². The predicted molar refractivity (Wildman–Crippen MR) is 171 cm³/mol. The van der Waals surface area contributed by atoms with Crippen LogP contribution >= 0.6 is 0 Å². The summed E-state index contributed by atoms with van der Waals surface area (Å²) in [6, 6.07) is 3.47. The monoisotopic (exact) mass is 616 g/mol. The van der Waals surface area contributed by atoms with Crippen molar-refractivity contribution in [2.24, 2.45) is 39.4 Å². The van der Waals surface area contributed by atoms with Crippen LogP contribution in [0.3, 0.4) is 0 Å². The number of rotatable bonds is 5. The molecule has 1 saturated heterocycles. The molecule has 7 nitrogen and oxygen atoms in total. The molecule has 8 atom stereocenters. The van der Waals surface area contributed by atoms with Crippen LogP contribution in [0, 0.1) is 39.4 Å². The number of amides is 1. The Morgan fingerprint density at radius 1 is 0.911 bits per heavy atom.